The van der Waals surface area contributed by atoms with Crippen LogP contribution in [0.25, 0.3) is 0 Å². The number of carboxylic acid groups (broad SMARTS) is 2. The molecule has 45 heavy (non-hydrogen) atoms. The number of aromatic hydroxyl groups is 3. The maximum Gasteiger partial charge on any atom is 0.320 e. The summed E-state index contributed by atoms with van der Waals surface area (Å²) >= 11 is 0. The smallest absolute Gasteiger partial charge is 0.320 e. The molecule has 0 aromatic heterocycles. The molecule has 3 rings (SSSR count). The third kappa shape index (κ3) is 13.2. The van der Waals surface area contributed by atoms with Crippen molar-refractivity contribution in [2.45, 2.75) is 44.3 Å². The first-order valence-electron chi connectivity index (χ1n) is 13.2. The quantitative estimate of drug-likeness (QED) is 0.0439. The summed E-state index contributed by atoms with van der Waals surface area (Å²) in [5, 5.41) is 44.8. The minimum atomic E-state index is -1.10. The highest BCUT2D eigenvalue weighted by atomic mass is 16.4. The van der Waals surface area contributed by atoms with Gasteiger partial charge in [-0.05, 0) is 79.3 Å². The molecule has 0 aliphatic heterocycles. The van der Waals surface area contributed by atoms with Gasteiger partial charge in [-0.25, -0.2) is 5.84 Å². The summed E-state index contributed by atoms with van der Waals surface area (Å²) in [6, 6.07) is 12.5. The molecule has 3 atom stereocenters. The van der Waals surface area contributed by atoms with E-state index in [1.807, 2.05) is 5.43 Å². The summed E-state index contributed by atoms with van der Waals surface area (Å²) in [5.74, 6) is 2.00. The number of aldehydes is 1. The van der Waals surface area contributed by atoms with Gasteiger partial charge in [0.1, 0.15) is 29.3 Å². The predicted octanol–water partition coefficient (Wildman–Crippen LogP) is -0.0398. The van der Waals surface area contributed by atoms with Crippen molar-refractivity contribution in [1.82, 2.24) is 5.43 Å². The van der Waals surface area contributed by atoms with Gasteiger partial charge in [-0.3, -0.25) is 29.4 Å². The zero-order valence-corrected chi connectivity index (χ0v) is 24.3. The number of Topliss-reactive ketones (excluding diaryl/α,β-unsaturated/α-hetero) is 1. The number of phenols is 3. The Morgan fingerprint density at radius 3 is 1.60 bits per heavy atom. The van der Waals surface area contributed by atoms with Gasteiger partial charge in [0.2, 0.25) is 0 Å². The molecule has 0 aliphatic carbocycles. The van der Waals surface area contributed by atoms with Crippen LogP contribution in [0.4, 0.5) is 0 Å². The number of nitrogens with two attached hydrogens (primary N) is 4. The number of hydrogen-bond acceptors (Lipinski definition) is 12. The zero-order valence-electron chi connectivity index (χ0n) is 24.3. The van der Waals surface area contributed by atoms with E-state index in [9.17, 15) is 34.2 Å². The van der Waals surface area contributed by atoms with Crippen LogP contribution in [-0.2, 0) is 33.6 Å². The van der Waals surface area contributed by atoms with Gasteiger partial charge in [0.25, 0.3) is 5.91 Å². The Kier molecular flexibility index (Phi) is 15.4. The maximum absolute atomic E-state index is 11.1. The topological polar surface area (TPSA) is 303 Å². The molecule has 0 unspecified atom stereocenters. The Labute approximate surface area is 258 Å². The van der Waals surface area contributed by atoms with E-state index in [1.165, 1.54) is 37.3 Å². The fraction of sp³-hybridized carbons (Fsp3) is 0.233. The van der Waals surface area contributed by atoms with Gasteiger partial charge in [-0.1, -0.05) is 24.3 Å². The first-order chi connectivity index (χ1) is 21.1. The Morgan fingerprint density at radius 2 is 1.16 bits per heavy atom. The van der Waals surface area contributed by atoms with Crippen molar-refractivity contribution >= 4 is 29.9 Å². The maximum atomic E-state index is 11.1. The van der Waals surface area contributed by atoms with Gasteiger partial charge in [0, 0.05) is 0 Å². The second-order valence-electron chi connectivity index (χ2n) is 9.70. The summed E-state index contributed by atoms with van der Waals surface area (Å²) in [7, 11) is 0. The summed E-state index contributed by atoms with van der Waals surface area (Å²) in [4.78, 5) is 53.6. The average Bonchev–Trinajstić information content (AvgIpc) is 3.00. The summed E-state index contributed by atoms with van der Waals surface area (Å²) in [5.41, 5.74) is 20.6. The number of rotatable bonds is 11. The molecule has 15 heteroatoms. The lowest BCUT2D eigenvalue weighted by atomic mass is 10.0. The third-order valence-electron chi connectivity index (χ3n) is 6.08. The summed E-state index contributed by atoms with van der Waals surface area (Å²) in [6.45, 7) is 1.33. The van der Waals surface area contributed by atoms with E-state index in [4.69, 9.17) is 38.4 Å². The molecule has 242 valence electrons. The number of benzene rings is 3. The van der Waals surface area contributed by atoms with E-state index in [0.717, 1.165) is 5.56 Å². The van der Waals surface area contributed by atoms with Gasteiger partial charge in [-0.2, -0.15) is 0 Å². The summed E-state index contributed by atoms with van der Waals surface area (Å²) in [6.07, 6.45) is 1.14. The largest absolute Gasteiger partial charge is 0.508 e. The number of aliphatic carboxylic acids is 2. The van der Waals surface area contributed by atoms with Crippen LogP contribution in [0.15, 0.2) is 60.7 Å². The fourth-order valence-electron chi connectivity index (χ4n) is 3.59. The van der Waals surface area contributed by atoms with E-state index in [1.54, 1.807) is 30.3 Å². The van der Waals surface area contributed by atoms with Gasteiger partial charge < -0.3 is 42.7 Å². The number of ketones is 1. The molecular formula is C30H37N5O10. The lowest BCUT2D eigenvalue weighted by molar-refractivity contribution is -0.139. The van der Waals surface area contributed by atoms with Crippen molar-refractivity contribution in [3.05, 3.63) is 88.5 Å². The molecular weight excluding hydrogens is 590 g/mol. The van der Waals surface area contributed by atoms with Crippen molar-refractivity contribution in [2.75, 3.05) is 0 Å². The van der Waals surface area contributed by atoms with E-state index < -0.39 is 36.0 Å². The van der Waals surface area contributed by atoms with Gasteiger partial charge >= 0.3 is 11.9 Å². The zero-order chi connectivity index (χ0) is 34.3. The standard InChI is InChI=1S/C11H13NO4.C10H11NO4.C9H13N3O2/c1-6(13)8-4-7(2-3-10(8)14)5-9(12)11(15)16;11-8(10(14)15)4-6-1-2-9(13)7(3-6)5-12;10-8(9(14)12-11)5-6-1-3-7(13)4-2-6/h2-4,9,14H,5,12H2,1H3,(H,15,16);1-3,5,8,13H,4,11H2,(H,14,15);1-4,8,13H,5,10-11H2,(H,12,14)/t9-;2*8-/m000/s1. The number of carbonyl (C=O) groups excluding carboxylic acids is 3. The third-order valence-corrected chi connectivity index (χ3v) is 6.08. The molecule has 3 aromatic rings. The molecule has 0 saturated heterocycles. The first kappa shape index (κ1) is 37.7. The second-order valence-corrected chi connectivity index (χ2v) is 9.70. The molecule has 1 amide bonds. The molecule has 3 aromatic carbocycles. The van der Waals surface area contributed by atoms with Crippen molar-refractivity contribution in [1.29, 1.82) is 0 Å². The Morgan fingerprint density at radius 1 is 0.711 bits per heavy atom. The molecule has 0 fully saturated rings. The molecule has 0 spiro atoms. The lowest BCUT2D eigenvalue weighted by Gasteiger charge is -2.09. The fourth-order valence-corrected chi connectivity index (χ4v) is 3.59. The highest BCUT2D eigenvalue weighted by molar-refractivity contribution is 5.96. The average molecular weight is 628 g/mol. The highest BCUT2D eigenvalue weighted by Crippen LogP contribution is 2.20. The number of hydrogen-bond donors (Lipinski definition) is 10. The molecule has 0 radical (unpaired) electrons. The van der Waals surface area contributed by atoms with E-state index in [-0.39, 0.29) is 47.0 Å². The van der Waals surface area contributed by atoms with Crippen molar-refractivity contribution in [3.63, 3.8) is 0 Å². The molecule has 14 N–H and O–H groups in total. The van der Waals surface area contributed by atoms with Crippen LogP contribution in [0.5, 0.6) is 17.2 Å². The predicted molar refractivity (Wildman–Crippen MR) is 162 cm³/mol. The van der Waals surface area contributed by atoms with E-state index in [0.29, 0.717) is 23.8 Å². The van der Waals surface area contributed by atoms with Crippen LogP contribution >= 0.6 is 0 Å². The molecule has 0 heterocycles. The Bertz CT molecular complexity index is 1480. The molecule has 0 aliphatic rings. The van der Waals surface area contributed by atoms with Gasteiger partial charge in [0.15, 0.2) is 12.1 Å². The molecule has 0 saturated carbocycles. The highest BCUT2D eigenvalue weighted by Gasteiger charge is 2.15. The van der Waals surface area contributed by atoms with Gasteiger partial charge in [-0.15, -0.1) is 0 Å². The number of amides is 1. The molecule has 15 nitrogen and oxygen atoms in total. The van der Waals surface area contributed by atoms with Crippen molar-refractivity contribution in [2.24, 2.45) is 23.0 Å². The van der Waals surface area contributed by atoms with Crippen LogP contribution in [0.1, 0.15) is 44.3 Å². The SMILES string of the molecule is CC(=O)c1cc(C[C@H](N)C(=O)O)ccc1O.NNC(=O)[C@@H](N)Cc1ccc(O)cc1.N[C@@H](Cc1ccc(O)c(C=O)c1)C(=O)O. The summed E-state index contributed by atoms with van der Waals surface area (Å²) < 4.78 is 0. The number of carboxylic acids is 2. The van der Waals surface area contributed by atoms with E-state index >= 15 is 0 Å². The first-order valence-corrected chi connectivity index (χ1v) is 13.2. The van der Waals surface area contributed by atoms with Crippen LogP contribution in [-0.4, -0.2) is 73.6 Å². The normalized spacial score (nSPS) is 12.1. The van der Waals surface area contributed by atoms with Crippen LogP contribution in [0, 0.1) is 0 Å². The van der Waals surface area contributed by atoms with Crippen molar-refractivity contribution < 1.29 is 49.5 Å². The minimum absolute atomic E-state index is 0.111. The lowest BCUT2D eigenvalue weighted by Crippen LogP contribution is -2.45. The van der Waals surface area contributed by atoms with Crippen LogP contribution in [0.2, 0.25) is 0 Å². The number of phenolic OH excluding ortho intramolecular Hbond substituents is 3. The van der Waals surface area contributed by atoms with Gasteiger partial charge in [0.05, 0.1) is 17.2 Å². The number of hydrazine groups is 1. The minimum Gasteiger partial charge on any atom is -0.508 e. The number of carbonyl (C=O) groups is 5. The van der Waals surface area contributed by atoms with Crippen LogP contribution < -0.4 is 28.5 Å². The second kappa shape index (κ2) is 18.3. The number of nitrogens with one attached hydrogen (secondary N) is 1. The Hall–Kier alpha value is -5.35. The molecule has 0 bridgehead atoms. The monoisotopic (exact) mass is 627 g/mol. The van der Waals surface area contributed by atoms with Crippen LogP contribution in [0.3, 0.4) is 0 Å². The van der Waals surface area contributed by atoms with E-state index in [2.05, 4.69) is 0 Å². The Balaban J connectivity index is 0.000000338. The van der Waals surface area contributed by atoms with Crippen molar-refractivity contribution in [3.8, 4) is 17.2 Å².